The van der Waals surface area contributed by atoms with Gasteiger partial charge in [-0.05, 0) is 47.5 Å². The first kappa shape index (κ1) is 15.5. The highest BCUT2D eigenvalue weighted by molar-refractivity contribution is 5.71. The largest absolute Gasteiger partial charge is 0.356 e. The van der Waals surface area contributed by atoms with Crippen molar-refractivity contribution in [2.75, 3.05) is 5.32 Å². The first-order valence-electron chi connectivity index (χ1n) is 7.55. The molecular formula is C20H16N2O2. The second-order valence-electron chi connectivity index (χ2n) is 5.30. The Hall–Kier alpha value is -3.40. The Morgan fingerprint density at radius 1 is 0.708 bits per heavy atom. The Labute approximate surface area is 140 Å². The van der Waals surface area contributed by atoms with E-state index in [2.05, 4.69) is 5.32 Å². The number of nitro benzene ring substituents is 1. The van der Waals surface area contributed by atoms with Gasteiger partial charge in [-0.3, -0.25) is 10.1 Å². The molecule has 1 N–H and O–H groups in total. The molecule has 0 aromatic heterocycles. The van der Waals surface area contributed by atoms with E-state index in [0.717, 1.165) is 22.5 Å². The molecule has 0 saturated carbocycles. The lowest BCUT2D eigenvalue weighted by atomic mass is 10.1. The summed E-state index contributed by atoms with van der Waals surface area (Å²) >= 11 is 0. The fourth-order valence-corrected chi connectivity index (χ4v) is 2.27. The van der Waals surface area contributed by atoms with E-state index in [9.17, 15) is 10.1 Å². The summed E-state index contributed by atoms with van der Waals surface area (Å²) in [6, 6.07) is 24.6. The number of non-ortho nitro benzene ring substituents is 1. The van der Waals surface area contributed by atoms with Crippen LogP contribution in [-0.2, 0) is 0 Å². The van der Waals surface area contributed by atoms with E-state index in [-0.39, 0.29) is 5.69 Å². The third-order valence-electron chi connectivity index (χ3n) is 3.55. The number of para-hydroxylation sites is 1. The maximum atomic E-state index is 10.6. The Balaban J connectivity index is 1.66. The summed E-state index contributed by atoms with van der Waals surface area (Å²) in [4.78, 5) is 10.2. The molecule has 0 aliphatic rings. The predicted molar refractivity (Wildman–Crippen MR) is 98.2 cm³/mol. The maximum absolute atomic E-state index is 10.6. The van der Waals surface area contributed by atoms with Crippen LogP contribution in [0.15, 0.2) is 78.9 Å². The van der Waals surface area contributed by atoms with Gasteiger partial charge in [0.1, 0.15) is 0 Å². The van der Waals surface area contributed by atoms with Crippen LogP contribution in [0, 0.1) is 10.1 Å². The number of nitrogens with one attached hydrogen (secondary N) is 1. The molecule has 0 amide bonds. The monoisotopic (exact) mass is 316 g/mol. The topological polar surface area (TPSA) is 55.2 Å². The van der Waals surface area contributed by atoms with Crippen LogP contribution < -0.4 is 5.32 Å². The average Bonchev–Trinajstić information content (AvgIpc) is 2.62. The van der Waals surface area contributed by atoms with Gasteiger partial charge in [-0.2, -0.15) is 0 Å². The number of hydrogen-bond donors (Lipinski definition) is 1. The van der Waals surface area contributed by atoms with Gasteiger partial charge in [-0.1, -0.05) is 42.5 Å². The number of hydrogen-bond acceptors (Lipinski definition) is 3. The lowest BCUT2D eigenvalue weighted by Crippen LogP contribution is -1.89. The Morgan fingerprint density at radius 2 is 1.21 bits per heavy atom. The molecule has 0 atom stereocenters. The van der Waals surface area contributed by atoms with Gasteiger partial charge in [0.05, 0.1) is 4.92 Å². The van der Waals surface area contributed by atoms with E-state index in [4.69, 9.17) is 0 Å². The van der Waals surface area contributed by atoms with E-state index < -0.39 is 4.92 Å². The highest BCUT2D eigenvalue weighted by Gasteiger charge is 2.02. The van der Waals surface area contributed by atoms with Gasteiger partial charge < -0.3 is 5.32 Å². The van der Waals surface area contributed by atoms with E-state index in [1.165, 1.54) is 12.1 Å². The first-order chi connectivity index (χ1) is 11.7. The number of rotatable bonds is 5. The number of benzene rings is 3. The molecule has 0 saturated heterocycles. The van der Waals surface area contributed by atoms with Crippen molar-refractivity contribution >= 4 is 29.2 Å². The second-order valence-corrected chi connectivity index (χ2v) is 5.30. The van der Waals surface area contributed by atoms with Gasteiger partial charge in [0.25, 0.3) is 5.69 Å². The SMILES string of the molecule is O=[N+]([O-])c1ccc(/C=C/c2ccc(Nc3ccccc3)cc2)cc1. The fourth-order valence-electron chi connectivity index (χ4n) is 2.27. The van der Waals surface area contributed by atoms with Crippen LogP contribution >= 0.6 is 0 Å². The Kier molecular flexibility index (Phi) is 4.68. The highest BCUT2D eigenvalue weighted by atomic mass is 16.6. The molecule has 118 valence electrons. The van der Waals surface area contributed by atoms with Crippen molar-refractivity contribution < 1.29 is 4.92 Å². The van der Waals surface area contributed by atoms with E-state index in [0.29, 0.717) is 0 Å². The van der Waals surface area contributed by atoms with Gasteiger partial charge in [0.15, 0.2) is 0 Å². The molecule has 3 rings (SSSR count). The normalized spacial score (nSPS) is 10.7. The van der Waals surface area contributed by atoms with Crippen molar-refractivity contribution in [3.05, 3.63) is 100 Å². The molecule has 0 heterocycles. The molecular weight excluding hydrogens is 300 g/mol. The highest BCUT2D eigenvalue weighted by Crippen LogP contribution is 2.18. The zero-order chi connectivity index (χ0) is 16.8. The van der Waals surface area contributed by atoms with Crippen LogP contribution in [0.25, 0.3) is 12.2 Å². The molecule has 0 fully saturated rings. The minimum Gasteiger partial charge on any atom is -0.356 e. The first-order valence-corrected chi connectivity index (χ1v) is 7.55. The van der Waals surface area contributed by atoms with E-state index in [1.54, 1.807) is 12.1 Å². The number of nitro groups is 1. The third-order valence-corrected chi connectivity index (χ3v) is 3.55. The van der Waals surface area contributed by atoms with Gasteiger partial charge >= 0.3 is 0 Å². The molecule has 0 aliphatic carbocycles. The van der Waals surface area contributed by atoms with Crippen molar-refractivity contribution in [2.45, 2.75) is 0 Å². The molecule has 4 heteroatoms. The van der Waals surface area contributed by atoms with Crippen molar-refractivity contribution in [2.24, 2.45) is 0 Å². The minimum absolute atomic E-state index is 0.100. The van der Waals surface area contributed by atoms with Crippen molar-refractivity contribution in [3.63, 3.8) is 0 Å². The molecule has 3 aromatic rings. The fraction of sp³-hybridized carbons (Fsp3) is 0. The zero-order valence-electron chi connectivity index (χ0n) is 12.9. The van der Waals surface area contributed by atoms with Crippen molar-refractivity contribution in [3.8, 4) is 0 Å². The van der Waals surface area contributed by atoms with Crippen LogP contribution in [0.1, 0.15) is 11.1 Å². The molecule has 4 nitrogen and oxygen atoms in total. The predicted octanol–water partition coefficient (Wildman–Crippen LogP) is 5.51. The van der Waals surface area contributed by atoms with Crippen molar-refractivity contribution in [1.29, 1.82) is 0 Å². The summed E-state index contributed by atoms with van der Waals surface area (Å²) in [5.74, 6) is 0. The van der Waals surface area contributed by atoms with Gasteiger partial charge in [-0.15, -0.1) is 0 Å². The molecule has 0 radical (unpaired) electrons. The number of anilines is 2. The summed E-state index contributed by atoms with van der Waals surface area (Å²) < 4.78 is 0. The van der Waals surface area contributed by atoms with Crippen molar-refractivity contribution in [1.82, 2.24) is 0 Å². The smallest absolute Gasteiger partial charge is 0.269 e. The maximum Gasteiger partial charge on any atom is 0.269 e. The molecule has 0 aliphatic heterocycles. The summed E-state index contributed by atoms with van der Waals surface area (Å²) in [5, 5.41) is 14.0. The van der Waals surface area contributed by atoms with Gasteiger partial charge in [0, 0.05) is 23.5 Å². The average molecular weight is 316 g/mol. The van der Waals surface area contributed by atoms with E-state index in [1.807, 2.05) is 66.7 Å². The molecule has 3 aromatic carbocycles. The van der Waals surface area contributed by atoms with Gasteiger partial charge in [0.2, 0.25) is 0 Å². The summed E-state index contributed by atoms with van der Waals surface area (Å²) in [6.45, 7) is 0. The Morgan fingerprint density at radius 3 is 1.75 bits per heavy atom. The second kappa shape index (κ2) is 7.24. The molecule has 24 heavy (non-hydrogen) atoms. The summed E-state index contributed by atoms with van der Waals surface area (Å²) in [5.41, 5.74) is 4.16. The van der Waals surface area contributed by atoms with Crippen LogP contribution in [0.2, 0.25) is 0 Å². The quantitative estimate of drug-likeness (QED) is 0.383. The third kappa shape index (κ3) is 4.08. The lowest BCUT2D eigenvalue weighted by molar-refractivity contribution is -0.384. The van der Waals surface area contributed by atoms with Crippen LogP contribution in [0.3, 0.4) is 0 Å². The van der Waals surface area contributed by atoms with Crippen LogP contribution in [-0.4, -0.2) is 4.92 Å². The molecule has 0 unspecified atom stereocenters. The zero-order valence-corrected chi connectivity index (χ0v) is 12.9. The van der Waals surface area contributed by atoms with Crippen LogP contribution in [0.4, 0.5) is 17.1 Å². The number of nitrogens with zero attached hydrogens (tertiary/aromatic N) is 1. The van der Waals surface area contributed by atoms with E-state index >= 15 is 0 Å². The standard InChI is InChI=1S/C20H16N2O2/c23-22(24)20-14-10-17(11-15-20)7-6-16-8-12-19(13-9-16)21-18-4-2-1-3-5-18/h1-15,21H/b7-6+. The summed E-state index contributed by atoms with van der Waals surface area (Å²) in [6.07, 6.45) is 3.91. The molecule has 0 spiro atoms. The lowest BCUT2D eigenvalue weighted by Gasteiger charge is -2.06. The minimum atomic E-state index is -0.397. The van der Waals surface area contributed by atoms with Gasteiger partial charge in [-0.25, -0.2) is 0 Å². The Bertz CT molecular complexity index is 839. The molecule has 0 bridgehead atoms. The summed E-state index contributed by atoms with van der Waals surface area (Å²) in [7, 11) is 0. The van der Waals surface area contributed by atoms with Crippen LogP contribution in [0.5, 0.6) is 0 Å².